The minimum atomic E-state index is -4.54. The van der Waals surface area contributed by atoms with Gasteiger partial charge in [0.05, 0.1) is 29.2 Å². The highest BCUT2D eigenvalue weighted by atomic mass is 19.4. The molecule has 0 saturated heterocycles. The zero-order valence-corrected chi connectivity index (χ0v) is 17.0. The molecule has 3 aromatic rings. The number of H-pyrrole nitrogens is 1. The van der Waals surface area contributed by atoms with E-state index in [1.807, 2.05) is 20.8 Å². The summed E-state index contributed by atoms with van der Waals surface area (Å²) in [7, 11) is 1.80. The van der Waals surface area contributed by atoms with Crippen molar-refractivity contribution in [2.45, 2.75) is 33.4 Å². The molecule has 0 spiro atoms. The minimum absolute atomic E-state index is 0.0619. The molecule has 30 heavy (non-hydrogen) atoms. The van der Waals surface area contributed by atoms with E-state index in [4.69, 9.17) is 4.74 Å². The lowest BCUT2D eigenvalue weighted by Gasteiger charge is -2.14. The second kappa shape index (κ2) is 8.21. The van der Waals surface area contributed by atoms with E-state index in [1.54, 1.807) is 11.7 Å². The molecular weight excluding hydrogens is 399 g/mol. The van der Waals surface area contributed by atoms with Gasteiger partial charge in [-0.25, -0.2) is 0 Å². The first-order valence-electron chi connectivity index (χ1n) is 9.33. The minimum Gasteiger partial charge on any atom is -0.491 e. The van der Waals surface area contributed by atoms with Crippen LogP contribution in [0, 0.1) is 13.8 Å². The van der Waals surface area contributed by atoms with E-state index >= 15 is 0 Å². The molecule has 0 aliphatic heterocycles. The van der Waals surface area contributed by atoms with Crippen LogP contribution in [-0.2, 0) is 13.2 Å². The number of amides is 1. The van der Waals surface area contributed by atoms with Crippen LogP contribution in [0.3, 0.4) is 0 Å². The van der Waals surface area contributed by atoms with Crippen molar-refractivity contribution in [2.75, 3.05) is 11.9 Å². The number of benzene rings is 1. The fraction of sp³-hybridized carbons (Fsp3) is 0.350. The Kier molecular flexibility index (Phi) is 5.86. The Balaban J connectivity index is 1.89. The third kappa shape index (κ3) is 4.32. The van der Waals surface area contributed by atoms with Crippen LogP contribution < -0.4 is 10.1 Å². The summed E-state index contributed by atoms with van der Waals surface area (Å²) in [5.41, 5.74) is 2.10. The summed E-state index contributed by atoms with van der Waals surface area (Å²) in [5, 5.41) is 13.6. The number of aryl methyl sites for hydroxylation is 2. The molecule has 0 radical (unpaired) electrons. The second-order valence-corrected chi connectivity index (χ2v) is 6.85. The van der Waals surface area contributed by atoms with E-state index in [0.717, 1.165) is 29.1 Å². The van der Waals surface area contributed by atoms with Crippen molar-refractivity contribution in [3.05, 3.63) is 46.9 Å². The van der Waals surface area contributed by atoms with Crippen molar-refractivity contribution >= 4 is 11.6 Å². The quantitative estimate of drug-likeness (QED) is 0.614. The molecule has 10 heteroatoms. The van der Waals surface area contributed by atoms with Crippen LogP contribution in [0.2, 0.25) is 0 Å². The van der Waals surface area contributed by atoms with Crippen LogP contribution >= 0.6 is 0 Å². The van der Waals surface area contributed by atoms with Gasteiger partial charge in [0.1, 0.15) is 11.4 Å². The van der Waals surface area contributed by atoms with E-state index in [9.17, 15) is 18.0 Å². The van der Waals surface area contributed by atoms with Gasteiger partial charge in [0.25, 0.3) is 5.91 Å². The van der Waals surface area contributed by atoms with Gasteiger partial charge >= 0.3 is 6.18 Å². The van der Waals surface area contributed by atoms with Crippen molar-refractivity contribution in [2.24, 2.45) is 7.05 Å². The van der Waals surface area contributed by atoms with Gasteiger partial charge in [0, 0.05) is 18.3 Å². The van der Waals surface area contributed by atoms with Crippen molar-refractivity contribution in [1.29, 1.82) is 0 Å². The number of anilines is 1. The molecule has 0 bridgehead atoms. The fourth-order valence-electron chi connectivity index (χ4n) is 3.04. The van der Waals surface area contributed by atoms with Gasteiger partial charge in [-0.3, -0.25) is 14.6 Å². The number of aromatic amines is 1. The lowest BCUT2D eigenvalue weighted by Crippen LogP contribution is -2.15. The van der Waals surface area contributed by atoms with Crippen molar-refractivity contribution in [3.63, 3.8) is 0 Å². The van der Waals surface area contributed by atoms with Gasteiger partial charge in [0.2, 0.25) is 0 Å². The number of aromatic nitrogens is 4. The highest BCUT2D eigenvalue weighted by Gasteiger charge is 2.31. The highest BCUT2D eigenvalue weighted by molar-refractivity contribution is 6.04. The van der Waals surface area contributed by atoms with E-state index < -0.39 is 17.6 Å². The number of nitrogens with zero attached hydrogens (tertiary/aromatic N) is 3. The Morgan fingerprint density at radius 2 is 2.00 bits per heavy atom. The van der Waals surface area contributed by atoms with Crippen LogP contribution in [0.25, 0.3) is 11.3 Å². The monoisotopic (exact) mass is 421 g/mol. The molecule has 0 saturated carbocycles. The van der Waals surface area contributed by atoms with Gasteiger partial charge in [-0.1, -0.05) is 6.92 Å². The zero-order chi connectivity index (χ0) is 22.1. The molecule has 0 aliphatic carbocycles. The number of rotatable bonds is 6. The van der Waals surface area contributed by atoms with Crippen LogP contribution in [0.1, 0.15) is 40.8 Å². The summed E-state index contributed by atoms with van der Waals surface area (Å²) >= 11 is 0. The predicted octanol–water partition coefficient (Wildman–Crippen LogP) is 4.49. The average Bonchev–Trinajstić information content (AvgIpc) is 3.24. The molecule has 1 amide bonds. The summed E-state index contributed by atoms with van der Waals surface area (Å²) in [6.07, 6.45) is -3.87. The smallest absolute Gasteiger partial charge is 0.416 e. The summed E-state index contributed by atoms with van der Waals surface area (Å²) < 4.78 is 46.5. The third-order valence-corrected chi connectivity index (χ3v) is 4.60. The standard InChI is InChI=1S/C20H22F3N5O2/c1-5-8-30-17-7-6-13(20(21,22)23)9-14(17)24-19(29)16-10-15(25-26-16)18-11(2)27-28(4)12(18)3/h6-7,9-10H,5,8H2,1-4H3,(H,24,29)(H,25,26). The van der Waals surface area contributed by atoms with Crippen LogP contribution in [0.4, 0.5) is 18.9 Å². The maximum absolute atomic E-state index is 13.1. The zero-order valence-electron chi connectivity index (χ0n) is 17.0. The number of carbonyl (C=O) groups excluding carboxylic acids is 1. The average molecular weight is 421 g/mol. The van der Waals surface area contributed by atoms with Crippen molar-refractivity contribution < 1.29 is 22.7 Å². The highest BCUT2D eigenvalue weighted by Crippen LogP contribution is 2.35. The first-order chi connectivity index (χ1) is 14.1. The fourth-order valence-corrected chi connectivity index (χ4v) is 3.04. The van der Waals surface area contributed by atoms with Crippen molar-refractivity contribution in [3.8, 4) is 17.0 Å². The number of halogens is 3. The topological polar surface area (TPSA) is 84.8 Å². The normalized spacial score (nSPS) is 11.6. The first-order valence-corrected chi connectivity index (χ1v) is 9.33. The first kappa shape index (κ1) is 21.4. The van der Waals surface area contributed by atoms with E-state index in [0.29, 0.717) is 18.7 Å². The molecule has 160 valence electrons. The number of hydrogen-bond donors (Lipinski definition) is 2. The molecule has 0 atom stereocenters. The molecule has 0 unspecified atom stereocenters. The Morgan fingerprint density at radius 3 is 2.60 bits per heavy atom. The lowest BCUT2D eigenvalue weighted by atomic mass is 10.1. The molecule has 3 rings (SSSR count). The Morgan fingerprint density at radius 1 is 1.27 bits per heavy atom. The molecule has 2 N–H and O–H groups in total. The summed E-state index contributed by atoms with van der Waals surface area (Å²) in [5.74, 6) is -0.467. The van der Waals surface area contributed by atoms with Gasteiger partial charge < -0.3 is 10.1 Å². The molecule has 7 nitrogen and oxygen atoms in total. The maximum Gasteiger partial charge on any atom is 0.416 e. The Bertz CT molecular complexity index is 1070. The second-order valence-electron chi connectivity index (χ2n) is 6.85. The summed E-state index contributed by atoms with van der Waals surface area (Å²) in [4.78, 5) is 12.7. The summed E-state index contributed by atoms with van der Waals surface area (Å²) in [6.45, 7) is 5.89. The van der Waals surface area contributed by atoms with Crippen molar-refractivity contribution in [1.82, 2.24) is 20.0 Å². The number of alkyl halides is 3. The number of carbonyl (C=O) groups is 1. The van der Waals surface area contributed by atoms with Gasteiger partial charge in [-0.2, -0.15) is 23.4 Å². The number of nitrogens with one attached hydrogen (secondary N) is 2. The molecular formula is C20H22F3N5O2. The van der Waals surface area contributed by atoms with E-state index in [2.05, 4.69) is 20.6 Å². The van der Waals surface area contributed by atoms with Crippen LogP contribution in [-0.4, -0.2) is 32.5 Å². The molecule has 2 aromatic heterocycles. The maximum atomic E-state index is 13.1. The number of ether oxygens (including phenoxy) is 1. The SMILES string of the molecule is CCCOc1ccc(C(F)(F)F)cc1NC(=O)c1cc(-c2c(C)nn(C)c2C)n[nH]1. The van der Waals surface area contributed by atoms with E-state index in [-0.39, 0.29) is 17.1 Å². The van der Waals surface area contributed by atoms with Crippen LogP contribution in [0.15, 0.2) is 24.3 Å². The lowest BCUT2D eigenvalue weighted by molar-refractivity contribution is -0.137. The molecule has 0 aliphatic rings. The molecule has 0 fully saturated rings. The summed E-state index contributed by atoms with van der Waals surface area (Å²) in [6, 6.07) is 4.51. The Hall–Kier alpha value is -3.30. The molecule has 1 aromatic carbocycles. The Labute approximate surface area is 171 Å². The molecule has 2 heterocycles. The van der Waals surface area contributed by atoms with Gasteiger partial charge in [-0.05, 0) is 44.5 Å². The third-order valence-electron chi connectivity index (χ3n) is 4.60. The van der Waals surface area contributed by atoms with E-state index in [1.165, 1.54) is 12.1 Å². The number of hydrogen-bond acceptors (Lipinski definition) is 4. The van der Waals surface area contributed by atoms with Gasteiger partial charge in [0.15, 0.2) is 0 Å². The predicted molar refractivity (Wildman–Crippen MR) is 105 cm³/mol. The van der Waals surface area contributed by atoms with Crippen LogP contribution in [0.5, 0.6) is 5.75 Å². The largest absolute Gasteiger partial charge is 0.491 e. The van der Waals surface area contributed by atoms with Gasteiger partial charge in [-0.15, -0.1) is 0 Å².